The lowest BCUT2D eigenvalue weighted by atomic mass is 9.98. The molecule has 0 saturated heterocycles. The summed E-state index contributed by atoms with van der Waals surface area (Å²) in [6.07, 6.45) is 2.12. The summed E-state index contributed by atoms with van der Waals surface area (Å²) in [5.41, 5.74) is 6.67. The maximum absolute atomic E-state index is 2.50. The van der Waals surface area contributed by atoms with E-state index >= 15 is 0 Å². The van der Waals surface area contributed by atoms with E-state index in [4.69, 9.17) is 0 Å². The zero-order valence-electron chi connectivity index (χ0n) is 16.2. The minimum absolute atomic E-state index is 1.06. The summed E-state index contributed by atoms with van der Waals surface area (Å²) in [7, 11) is 0. The molecule has 0 fully saturated rings. The molecule has 1 aliphatic rings. The molecule has 0 amide bonds. The van der Waals surface area contributed by atoms with Gasteiger partial charge >= 0.3 is 0 Å². The second-order valence-electron chi connectivity index (χ2n) is 7.76. The molecule has 5 aromatic rings. The molecule has 0 bridgehead atoms. The SMILES string of the molecule is c1ccc2c(c1)CCc1ccccc1N2c1c2ccccc2cc2ccccc12. The van der Waals surface area contributed by atoms with Crippen molar-refractivity contribution in [1.82, 2.24) is 0 Å². The van der Waals surface area contributed by atoms with Crippen LogP contribution in [0.3, 0.4) is 0 Å². The number of hydrogen-bond acceptors (Lipinski definition) is 1. The summed E-state index contributed by atoms with van der Waals surface area (Å²) in [6, 6.07) is 37.6. The number of aryl methyl sites for hydroxylation is 2. The van der Waals surface area contributed by atoms with E-state index in [9.17, 15) is 0 Å². The molecule has 1 heteroatoms. The molecule has 0 aliphatic carbocycles. The maximum Gasteiger partial charge on any atom is 0.0618 e. The fourth-order valence-corrected chi connectivity index (χ4v) is 4.75. The zero-order chi connectivity index (χ0) is 19.2. The number of nitrogens with zero attached hydrogens (tertiary/aromatic N) is 1. The van der Waals surface area contributed by atoms with Gasteiger partial charge in [0.2, 0.25) is 0 Å². The Morgan fingerprint density at radius 3 is 1.48 bits per heavy atom. The van der Waals surface area contributed by atoms with Crippen LogP contribution in [-0.2, 0) is 12.8 Å². The van der Waals surface area contributed by atoms with Gasteiger partial charge in [-0.05, 0) is 52.9 Å². The van der Waals surface area contributed by atoms with Crippen LogP contribution in [0, 0.1) is 0 Å². The second-order valence-corrected chi connectivity index (χ2v) is 7.76. The molecule has 0 saturated carbocycles. The van der Waals surface area contributed by atoms with Crippen LogP contribution in [-0.4, -0.2) is 0 Å². The van der Waals surface area contributed by atoms with Crippen LogP contribution in [0.25, 0.3) is 21.5 Å². The Kier molecular flexibility index (Phi) is 3.67. The summed E-state index contributed by atoms with van der Waals surface area (Å²) in [4.78, 5) is 2.50. The molecule has 1 aliphatic heterocycles. The van der Waals surface area contributed by atoms with Crippen LogP contribution in [0.2, 0.25) is 0 Å². The van der Waals surface area contributed by atoms with E-state index in [1.807, 2.05) is 0 Å². The Labute approximate surface area is 170 Å². The number of para-hydroxylation sites is 2. The molecular formula is C28H21N. The highest BCUT2D eigenvalue weighted by Gasteiger charge is 2.24. The minimum atomic E-state index is 1.06. The maximum atomic E-state index is 2.50. The van der Waals surface area contributed by atoms with Crippen molar-refractivity contribution in [3.63, 3.8) is 0 Å². The summed E-state index contributed by atoms with van der Waals surface area (Å²) in [6.45, 7) is 0. The van der Waals surface area contributed by atoms with Crippen molar-refractivity contribution in [2.45, 2.75) is 12.8 Å². The van der Waals surface area contributed by atoms with Crippen molar-refractivity contribution in [2.75, 3.05) is 4.90 Å². The summed E-state index contributed by atoms with van der Waals surface area (Å²) < 4.78 is 0. The molecule has 138 valence electrons. The van der Waals surface area contributed by atoms with Gasteiger partial charge in [-0.1, -0.05) is 84.9 Å². The number of rotatable bonds is 1. The van der Waals surface area contributed by atoms with Gasteiger partial charge in [0.15, 0.2) is 0 Å². The van der Waals surface area contributed by atoms with Crippen LogP contribution in [0.15, 0.2) is 103 Å². The molecule has 0 N–H and O–H groups in total. The summed E-state index contributed by atoms with van der Waals surface area (Å²) in [5.74, 6) is 0. The van der Waals surface area contributed by atoms with Gasteiger partial charge in [0.05, 0.1) is 5.69 Å². The number of benzene rings is 5. The Bertz CT molecular complexity index is 1260. The van der Waals surface area contributed by atoms with Crippen LogP contribution >= 0.6 is 0 Å². The van der Waals surface area contributed by atoms with Crippen molar-refractivity contribution in [2.24, 2.45) is 0 Å². The lowest BCUT2D eigenvalue weighted by Gasteiger charge is -2.29. The number of anilines is 3. The molecule has 5 aromatic carbocycles. The van der Waals surface area contributed by atoms with Crippen molar-refractivity contribution in [3.8, 4) is 0 Å². The van der Waals surface area contributed by atoms with E-state index in [1.54, 1.807) is 0 Å². The van der Waals surface area contributed by atoms with Crippen molar-refractivity contribution < 1.29 is 0 Å². The minimum Gasteiger partial charge on any atom is -0.309 e. The van der Waals surface area contributed by atoms with Gasteiger partial charge in [-0.25, -0.2) is 0 Å². The van der Waals surface area contributed by atoms with E-state index < -0.39 is 0 Å². The fraction of sp³-hybridized carbons (Fsp3) is 0.0714. The van der Waals surface area contributed by atoms with Gasteiger partial charge in [-0.3, -0.25) is 0 Å². The third kappa shape index (κ3) is 2.55. The van der Waals surface area contributed by atoms with E-state index in [0.29, 0.717) is 0 Å². The van der Waals surface area contributed by atoms with Gasteiger partial charge in [-0.15, -0.1) is 0 Å². The van der Waals surface area contributed by atoms with Gasteiger partial charge in [0.1, 0.15) is 0 Å². The van der Waals surface area contributed by atoms with Crippen LogP contribution in [0.5, 0.6) is 0 Å². The third-order valence-corrected chi connectivity index (χ3v) is 6.10. The molecule has 0 unspecified atom stereocenters. The van der Waals surface area contributed by atoms with Gasteiger partial charge < -0.3 is 4.90 Å². The predicted molar refractivity (Wildman–Crippen MR) is 124 cm³/mol. The van der Waals surface area contributed by atoms with Crippen molar-refractivity contribution >= 4 is 38.6 Å². The highest BCUT2D eigenvalue weighted by molar-refractivity contribution is 6.14. The number of hydrogen-bond donors (Lipinski definition) is 0. The first-order valence-corrected chi connectivity index (χ1v) is 10.3. The lowest BCUT2D eigenvalue weighted by molar-refractivity contribution is 0.977. The zero-order valence-corrected chi connectivity index (χ0v) is 16.2. The van der Waals surface area contributed by atoms with Gasteiger partial charge in [-0.2, -0.15) is 0 Å². The van der Waals surface area contributed by atoms with Crippen LogP contribution in [0.1, 0.15) is 11.1 Å². The smallest absolute Gasteiger partial charge is 0.0618 e. The average Bonchev–Trinajstić information content (AvgIpc) is 2.94. The molecular weight excluding hydrogens is 350 g/mol. The van der Waals surface area contributed by atoms with Crippen molar-refractivity contribution in [1.29, 1.82) is 0 Å². The average molecular weight is 371 g/mol. The Morgan fingerprint density at radius 1 is 0.483 bits per heavy atom. The van der Waals surface area contributed by atoms with Gasteiger partial charge in [0.25, 0.3) is 0 Å². The van der Waals surface area contributed by atoms with Gasteiger partial charge in [0, 0.05) is 22.1 Å². The van der Waals surface area contributed by atoms with E-state index in [2.05, 4.69) is 108 Å². The predicted octanol–water partition coefficient (Wildman–Crippen LogP) is 7.56. The molecule has 0 aromatic heterocycles. The first-order valence-electron chi connectivity index (χ1n) is 10.3. The highest BCUT2D eigenvalue weighted by atomic mass is 15.2. The second kappa shape index (κ2) is 6.49. The van der Waals surface area contributed by atoms with Crippen LogP contribution < -0.4 is 4.90 Å². The first-order chi connectivity index (χ1) is 14.4. The fourth-order valence-electron chi connectivity index (χ4n) is 4.75. The van der Waals surface area contributed by atoms with E-state index in [0.717, 1.165) is 12.8 Å². The highest BCUT2D eigenvalue weighted by Crippen LogP contribution is 2.47. The van der Waals surface area contributed by atoms with Crippen LogP contribution in [0.4, 0.5) is 17.1 Å². The third-order valence-electron chi connectivity index (χ3n) is 6.10. The number of fused-ring (bicyclic) bond motifs is 4. The molecule has 1 heterocycles. The van der Waals surface area contributed by atoms with Crippen molar-refractivity contribution in [3.05, 3.63) is 114 Å². The molecule has 6 rings (SSSR count). The first kappa shape index (κ1) is 16.4. The summed E-state index contributed by atoms with van der Waals surface area (Å²) >= 11 is 0. The van der Waals surface area contributed by atoms with E-state index in [1.165, 1.54) is 49.7 Å². The molecule has 29 heavy (non-hydrogen) atoms. The normalized spacial score (nSPS) is 13.2. The standard InChI is InChI=1S/C28H21N/c1-5-13-24-22(11-1)19-23-12-2-6-14-25(23)28(24)29-26-15-7-3-9-20(26)17-18-21-10-4-8-16-27(21)29/h1-16,19H,17-18H2. The lowest BCUT2D eigenvalue weighted by Crippen LogP contribution is -2.12. The molecule has 0 atom stereocenters. The monoisotopic (exact) mass is 371 g/mol. The quantitative estimate of drug-likeness (QED) is 0.275. The Morgan fingerprint density at radius 2 is 0.931 bits per heavy atom. The van der Waals surface area contributed by atoms with E-state index in [-0.39, 0.29) is 0 Å². The summed E-state index contributed by atoms with van der Waals surface area (Å²) in [5, 5.41) is 5.14. The molecule has 0 spiro atoms. The largest absolute Gasteiger partial charge is 0.309 e. The Hall–Kier alpha value is -3.58. The molecule has 0 radical (unpaired) electrons. The topological polar surface area (TPSA) is 3.24 Å². The Balaban J connectivity index is 1.80. The molecule has 1 nitrogen and oxygen atoms in total.